The topological polar surface area (TPSA) is 87.5 Å². The second-order valence-electron chi connectivity index (χ2n) is 8.22. The molecule has 26 heavy (non-hydrogen) atoms. The van der Waals surface area contributed by atoms with E-state index >= 15 is 0 Å². The van der Waals surface area contributed by atoms with Crippen molar-refractivity contribution in [2.75, 3.05) is 11.9 Å². The van der Waals surface area contributed by atoms with E-state index in [2.05, 4.69) is 30.6 Å². The molecule has 0 aromatic carbocycles. The zero-order valence-electron chi connectivity index (χ0n) is 14.9. The number of aromatic nitrogens is 2. The van der Waals surface area contributed by atoms with Crippen LogP contribution in [0, 0.1) is 17.8 Å². The Morgan fingerprint density at radius 3 is 2.65 bits per heavy atom. The monoisotopic (exact) mass is 445 g/mol. The summed E-state index contributed by atoms with van der Waals surface area (Å²) in [6, 6.07) is -0.364. The molecule has 2 unspecified atom stereocenters. The Morgan fingerprint density at radius 2 is 1.92 bits per heavy atom. The van der Waals surface area contributed by atoms with Crippen LogP contribution >= 0.6 is 27.5 Å². The zero-order chi connectivity index (χ0) is 18.1. The molecule has 1 aromatic heterocycles. The van der Waals surface area contributed by atoms with Gasteiger partial charge in [0.15, 0.2) is 0 Å². The van der Waals surface area contributed by atoms with Crippen LogP contribution in [0.3, 0.4) is 0 Å². The SMILES string of the molecule is O[C@@H]1[C@H](O)[C@@H](Nc2nc(Br)ns2)CO[C@@H]1C1CCC(CC2CCCC2)C1. The number of aliphatic hydroxyl groups is 2. The van der Waals surface area contributed by atoms with Gasteiger partial charge in [0.1, 0.15) is 12.2 Å². The number of nitrogens with zero attached hydrogens (tertiary/aromatic N) is 2. The van der Waals surface area contributed by atoms with Crippen molar-refractivity contribution >= 4 is 32.6 Å². The van der Waals surface area contributed by atoms with Crippen LogP contribution in [0.4, 0.5) is 5.13 Å². The summed E-state index contributed by atoms with van der Waals surface area (Å²) in [5.41, 5.74) is 0. The lowest BCUT2D eigenvalue weighted by molar-refractivity contribution is -0.158. The minimum absolute atomic E-state index is 0.252. The fourth-order valence-electron chi connectivity index (χ4n) is 5.15. The first-order chi connectivity index (χ1) is 12.6. The van der Waals surface area contributed by atoms with Gasteiger partial charge >= 0.3 is 0 Å². The molecule has 146 valence electrons. The Morgan fingerprint density at radius 1 is 1.12 bits per heavy atom. The van der Waals surface area contributed by atoms with Gasteiger partial charge in [-0.1, -0.05) is 32.1 Å². The van der Waals surface area contributed by atoms with Crippen molar-refractivity contribution in [1.82, 2.24) is 9.36 Å². The fourth-order valence-corrected chi connectivity index (χ4v) is 6.20. The minimum atomic E-state index is -0.856. The first-order valence-electron chi connectivity index (χ1n) is 9.83. The molecule has 8 heteroatoms. The van der Waals surface area contributed by atoms with Crippen molar-refractivity contribution in [2.24, 2.45) is 17.8 Å². The van der Waals surface area contributed by atoms with E-state index in [0.717, 1.165) is 24.7 Å². The molecule has 0 radical (unpaired) electrons. The normalized spacial score (nSPS) is 38.7. The number of ether oxygens (including phenoxy) is 1. The smallest absolute Gasteiger partial charge is 0.210 e. The summed E-state index contributed by atoms with van der Waals surface area (Å²) in [7, 11) is 0. The van der Waals surface area contributed by atoms with Crippen LogP contribution in [0.5, 0.6) is 0 Å². The first-order valence-corrected chi connectivity index (χ1v) is 11.4. The molecule has 3 aliphatic rings. The molecule has 6 atom stereocenters. The van der Waals surface area contributed by atoms with Crippen LogP contribution in [0.1, 0.15) is 51.4 Å². The summed E-state index contributed by atoms with van der Waals surface area (Å²) in [6.45, 7) is 0.379. The number of anilines is 1. The third-order valence-corrected chi connectivity index (χ3v) is 7.70. The molecule has 3 fully saturated rings. The van der Waals surface area contributed by atoms with E-state index in [1.807, 2.05) is 0 Å². The lowest BCUT2D eigenvalue weighted by atomic mass is 9.86. The van der Waals surface area contributed by atoms with Crippen molar-refractivity contribution in [3.05, 3.63) is 4.73 Å². The molecule has 1 aliphatic heterocycles. The predicted molar refractivity (Wildman–Crippen MR) is 104 cm³/mol. The summed E-state index contributed by atoms with van der Waals surface area (Å²) < 4.78 is 10.6. The molecule has 0 spiro atoms. The second kappa shape index (κ2) is 8.39. The fraction of sp³-hybridized carbons (Fsp3) is 0.889. The van der Waals surface area contributed by atoms with Gasteiger partial charge in [-0.15, -0.1) is 0 Å². The molecule has 4 rings (SSSR count). The Balaban J connectivity index is 1.30. The van der Waals surface area contributed by atoms with Crippen molar-refractivity contribution in [1.29, 1.82) is 0 Å². The molecule has 6 nitrogen and oxygen atoms in total. The summed E-state index contributed by atoms with van der Waals surface area (Å²) in [5, 5.41) is 25.0. The summed E-state index contributed by atoms with van der Waals surface area (Å²) in [6.07, 6.45) is 8.46. The lowest BCUT2D eigenvalue weighted by Gasteiger charge is -2.40. The number of hydrogen-bond donors (Lipinski definition) is 3. The van der Waals surface area contributed by atoms with Crippen molar-refractivity contribution < 1.29 is 14.9 Å². The van der Waals surface area contributed by atoms with E-state index in [9.17, 15) is 10.2 Å². The van der Waals surface area contributed by atoms with E-state index < -0.39 is 12.2 Å². The van der Waals surface area contributed by atoms with E-state index in [1.165, 1.54) is 50.1 Å². The van der Waals surface area contributed by atoms with E-state index in [0.29, 0.717) is 22.4 Å². The molecule has 1 aromatic rings. The number of aliphatic hydroxyl groups excluding tert-OH is 2. The largest absolute Gasteiger partial charge is 0.388 e. The maximum Gasteiger partial charge on any atom is 0.210 e. The van der Waals surface area contributed by atoms with Crippen LogP contribution in [0.15, 0.2) is 4.73 Å². The zero-order valence-corrected chi connectivity index (χ0v) is 17.3. The van der Waals surface area contributed by atoms with E-state index in [-0.39, 0.29) is 12.1 Å². The summed E-state index contributed by atoms with van der Waals surface area (Å²) in [5.74, 6) is 2.05. The molecular weight excluding hydrogens is 418 g/mol. The number of nitrogens with one attached hydrogen (secondary N) is 1. The van der Waals surface area contributed by atoms with Crippen LogP contribution in [-0.4, -0.2) is 50.5 Å². The van der Waals surface area contributed by atoms with Gasteiger partial charge < -0.3 is 20.3 Å². The summed E-state index contributed by atoms with van der Waals surface area (Å²) in [4.78, 5) is 4.18. The van der Waals surface area contributed by atoms with Gasteiger partial charge in [0.05, 0.1) is 18.8 Å². The molecule has 2 heterocycles. The quantitative estimate of drug-likeness (QED) is 0.644. The average Bonchev–Trinajstić information content (AvgIpc) is 3.36. The lowest BCUT2D eigenvalue weighted by Crippen LogP contribution is -2.57. The third-order valence-electron chi connectivity index (χ3n) is 6.46. The highest BCUT2D eigenvalue weighted by Gasteiger charge is 2.44. The number of rotatable bonds is 5. The highest BCUT2D eigenvalue weighted by atomic mass is 79.9. The molecule has 0 bridgehead atoms. The second-order valence-corrected chi connectivity index (χ2v) is 9.68. The van der Waals surface area contributed by atoms with Crippen LogP contribution in [0.25, 0.3) is 0 Å². The molecule has 2 aliphatic carbocycles. The van der Waals surface area contributed by atoms with Crippen LogP contribution in [-0.2, 0) is 4.74 Å². The maximum absolute atomic E-state index is 10.7. The Labute approximate surface area is 167 Å². The Bertz CT molecular complexity index is 598. The minimum Gasteiger partial charge on any atom is -0.388 e. The van der Waals surface area contributed by atoms with Gasteiger partial charge in [-0.05, 0) is 52.9 Å². The molecule has 3 N–H and O–H groups in total. The number of hydrogen-bond acceptors (Lipinski definition) is 7. The predicted octanol–water partition coefficient (Wildman–Crippen LogP) is 3.20. The maximum atomic E-state index is 10.7. The van der Waals surface area contributed by atoms with Gasteiger partial charge in [-0.2, -0.15) is 9.36 Å². The van der Waals surface area contributed by atoms with Gasteiger partial charge in [0.25, 0.3) is 0 Å². The van der Waals surface area contributed by atoms with Gasteiger partial charge in [0, 0.05) is 11.5 Å². The molecule has 2 saturated carbocycles. The van der Waals surface area contributed by atoms with Crippen LogP contribution in [0.2, 0.25) is 0 Å². The van der Waals surface area contributed by atoms with Crippen LogP contribution < -0.4 is 5.32 Å². The standard InChI is InChI=1S/C18H28BrN3O3S/c19-17-21-18(26-22-17)20-13-9-25-16(15(24)14(13)23)12-6-5-11(8-12)7-10-3-1-2-4-10/h10-16,23-24H,1-9H2,(H,20,21,22)/t11?,12?,13-,14+,15+,16+/m0/s1. The number of halogens is 1. The molecule has 1 saturated heterocycles. The highest BCUT2D eigenvalue weighted by molar-refractivity contribution is 9.10. The Hall–Kier alpha value is -0.280. The summed E-state index contributed by atoms with van der Waals surface area (Å²) >= 11 is 4.44. The highest BCUT2D eigenvalue weighted by Crippen LogP contribution is 2.42. The van der Waals surface area contributed by atoms with Crippen molar-refractivity contribution in [3.8, 4) is 0 Å². The molecular formula is C18H28BrN3O3S. The molecule has 0 amide bonds. The average molecular weight is 446 g/mol. The van der Waals surface area contributed by atoms with E-state index in [1.54, 1.807) is 0 Å². The van der Waals surface area contributed by atoms with Crippen molar-refractivity contribution in [3.63, 3.8) is 0 Å². The first kappa shape index (κ1) is 19.1. The van der Waals surface area contributed by atoms with Crippen molar-refractivity contribution in [2.45, 2.75) is 75.7 Å². The van der Waals surface area contributed by atoms with Gasteiger partial charge in [-0.25, -0.2) is 0 Å². The third kappa shape index (κ3) is 4.24. The van der Waals surface area contributed by atoms with Gasteiger partial charge in [-0.3, -0.25) is 0 Å². The Kier molecular flexibility index (Phi) is 6.15. The van der Waals surface area contributed by atoms with E-state index in [4.69, 9.17) is 4.74 Å². The van der Waals surface area contributed by atoms with Gasteiger partial charge in [0.2, 0.25) is 9.87 Å².